The highest BCUT2D eigenvalue weighted by Crippen LogP contribution is 2.30. The molecule has 1 aliphatic carbocycles. The smallest absolute Gasteiger partial charge is 0.251 e. The highest BCUT2D eigenvalue weighted by molar-refractivity contribution is 7.89. The van der Waals surface area contributed by atoms with Crippen LogP contribution in [-0.4, -0.2) is 24.7 Å². The summed E-state index contributed by atoms with van der Waals surface area (Å²) in [6.45, 7) is 0.0818. The van der Waals surface area contributed by atoms with E-state index in [0.29, 0.717) is 11.3 Å². The van der Waals surface area contributed by atoms with Gasteiger partial charge in [0.15, 0.2) is 0 Å². The predicted molar refractivity (Wildman–Crippen MR) is 119 cm³/mol. The molecule has 1 saturated carbocycles. The van der Waals surface area contributed by atoms with Crippen LogP contribution < -0.4 is 5.32 Å². The van der Waals surface area contributed by atoms with Crippen molar-refractivity contribution in [2.45, 2.75) is 36.9 Å². The zero-order valence-corrected chi connectivity index (χ0v) is 18.8. The Morgan fingerprint density at radius 2 is 1.81 bits per heavy atom. The number of halogens is 2. The van der Waals surface area contributed by atoms with E-state index >= 15 is 0 Å². The molecule has 0 saturated heterocycles. The second-order valence-corrected chi connectivity index (χ2v) is 10.1. The highest BCUT2D eigenvalue weighted by atomic mass is 35.5. The van der Waals surface area contributed by atoms with Crippen LogP contribution in [0.3, 0.4) is 0 Å². The molecule has 3 aromatic rings. The predicted octanol–water partition coefficient (Wildman–Crippen LogP) is 4.87. The molecule has 9 heteroatoms. The Kier molecular flexibility index (Phi) is 6.39. The van der Waals surface area contributed by atoms with E-state index in [2.05, 4.69) is 5.32 Å². The fraction of sp³-hybridized carbons (Fsp3) is 0.227. The van der Waals surface area contributed by atoms with Gasteiger partial charge in [0.05, 0.1) is 17.8 Å². The molecule has 2 aromatic carbocycles. The van der Waals surface area contributed by atoms with Gasteiger partial charge < -0.3 is 9.73 Å². The zero-order valence-electron chi connectivity index (χ0n) is 16.4. The van der Waals surface area contributed by atoms with Gasteiger partial charge in [0.25, 0.3) is 5.91 Å². The zero-order chi connectivity index (χ0) is 22.0. The van der Waals surface area contributed by atoms with Crippen LogP contribution in [0.5, 0.6) is 0 Å². The number of nitrogens with one attached hydrogen (secondary N) is 1. The van der Waals surface area contributed by atoms with Crippen molar-refractivity contribution in [3.63, 3.8) is 0 Å². The first-order chi connectivity index (χ1) is 14.8. The van der Waals surface area contributed by atoms with Gasteiger partial charge in [-0.05, 0) is 60.9 Å². The number of furan rings is 1. The van der Waals surface area contributed by atoms with Gasteiger partial charge in [-0.1, -0.05) is 35.3 Å². The van der Waals surface area contributed by atoms with Crippen LogP contribution in [0, 0.1) is 0 Å². The van der Waals surface area contributed by atoms with Crippen molar-refractivity contribution in [3.05, 3.63) is 87.8 Å². The summed E-state index contributed by atoms with van der Waals surface area (Å²) in [5.41, 5.74) is 1.25. The van der Waals surface area contributed by atoms with Gasteiger partial charge in [-0.2, -0.15) is 4.31 Å². The summed E-state index contributed by atoms with van der Waals surface area (Å²) < 4.78 is 33.5. The van der Waals surface area contributed by atoms with E-state index in [0.717, 1.165) is 18.4 Å². The molecule has 4 rings (SSSR count). The normalized spacial score (nSPS) is 14.0. The number of nitrogens with zero attached hydrogens (tertiary/aromatic N) is 1. The van der Waals surface area contributed by atoms with Gasteiger partial charge in [-0.3, -0.25) is 4.79 Å². The number of carbonyl (C=O) groups excluding carboxylic acids is 1. The van der Waals surface area contributed by atoms with Crippen LogP contribution in [-0.2, 0) is 23.1 Å². The van der Waals surface area contributed by atoms with Crippen molar-refractivity contribution in [2.24, 2.45) is 0 Å². The lowest BCUT2D eigenvalue weighted by Gasteiger charge is -2.22. The second kappa shape index (κ2) is 9.04. The summed E-state index contributed by atoms with van der Waals surface area (Å²) in [6, 6.07) is 14.8. The lowest BCUT2D eigenvalue weighted by atomic mass is 10.1. The average Bonchev–Trinajstić information content (AvgIpc) is 3.41. The van der Waals surface area contributed by atoms with Crippen LogP contribution in [0.1, 0.15) is 34.5 Å². The molecule has 0 unspecified atom stereocenters. The van der Waals surface area contributed by atoms with Crippen molar-refractivity contribution in [3.8, 4) is 0 Å². The van der Waals surface area contributed by atoms with Gasteiger partial charge >= 0.3 is 0 Å². The molecule has 31 heavy (non-hydrogen) atoms. The largest absolute Gasteiger partial charge is 0.468 e. The molecule has 0 radical (unpaired) electrons. The Labute approximate surface area is 190 Å². The SMILES string of the molecule is O=C(NC1CC1)c1ccc(CN(Cc2ccco2)S(=O)(=O)c2cc(Cl)ccc2Cl)cc1. The Morgan fingerprint density at radius 3 is 2.45 bits per heavy atom. The van der Waals surface area contributed by atoms with E-state index in [1.807, 2.05) is 0 Å². The van der Waals surface area contributed by atoms with Gasteiger partial charge in [-0.25, -0.2) is 8.42 Å². The van der Waals surface area contributed by atoms with Crippen LogP contribution >= 0.6 is 23.2 Å². The Bertz CT molecular complexity index is 1170. The molecule has 0 bridgehead atoms. The summed E-state index contributed by atoms with van der Waals surface area (Å²) in [5, 5.41) is 3.29. The summed E-state index contributed by atoms with van der Waals surface area (Å²) in [5.74, 6) is 0.363. The number of benzene rings is 2. The van der Waals surface area contributed by atoms with E-state index in [9.17, 15) is 13.2 Å². The topological polar surface area (TPSA) is 79.6 Å². The van der Waals surface area contributed by atoms with Gasteiger partial charge in [0.1, 0.15) is 10.7 Å². The summed E-state index contributed by atoms with van der Waals surface area (Å²) in [7, 11) is -3.98. The summed E-state index contributed by atoms with van der Waals surface area (Å²) >= 11 is 12.2. The van der Waals surface area contributed by atoms with Crippen LogP contribution in [0.15, 0.2) is 70.2 Å². The van der Waals surface area contributed by atoms with Crippen molar-refractivity contribution >= 4 is 39.1 Å². The number of carbonyl (C=O) groups is 1. The summed E-state index contributed by atoms with van der Waals surface area (Å²) in [4.78, 5) is 12.1. The minimum Gasteiger partial charge on any atom is -0.468 e. The lowest BCUT2D eigenvalue weighted by Crippen LogP contribution is -2.30. The van der Waals surface area contributed by atoms with E-state index in [4.69, 9.17) is 27.6 Å². The third kappa shape index (κ3) is 5.30. The van der Waals surface area contributed by atoms with Crippen molar-refractivity contribution in [1.82, 2.24) is 9.62 Å². The number of hydrogen-bond acceptors (Lipinski definition) is 4. The first-order valence-corrected chi connectivity index (χ1v) is 11.9. The molecule has 1 aliphatic rings. The van der Waals surface area contributed by atoms with Gasteiger partial charge in [0.2, 0.25) is 10.0 Å². The summed E-state index contributed by atoms with van der Waals surface area (Å²) in [6.07, 6.45) is 3.50. The number of sulfonamides is 1. The van der Waals surface area contributed by atoms with Crippen LogP contribution in [0.2, 0.25) is 10.0 Å². The highest BCUT2D eigenvalue weighted by Gasteiger charge is 2.28. The monoisotopic (exact) mass is 478 g/mol. The third-order valence-electron chi connectivity index (χ3n) is 4.91. The molecule has 6 nitrogen and oxygen atoms in total. The van der Waals surface area contributed by atoms with Crippen LogP contribution in [0.4, 0.5) is 0 Å². The van der Waals surface area contributed by atoms with Crippen molar-refractivity contribution in [2.75, 3.05) is 0 Å². The number of hydrogen-bond donors (Lipinski definition) is 1. The molecule has 1 N–H and O–H groups in total. The Morgan fingerprint density at radius 1 is 1.06 bits per heavy atom. The molecule has 0 spiro atoms. The minimum atomic E-state index is -3.98. The number of rotatable bonds is 8. The van der Waals surface area contributed by atoms with Crippen LogP contribution in [0.25, 0.3) is 0 Å². The first kappa shape index (κ1) is 21.9. The second-order valence-electron chi connectivity index (χ2n) is 7.37. The average molecular weight is 479 g/mol. The Hall–Kier alpha value is -2.32. The quantitative estimate of drug-likeness (QED) is 0.500. The fourth-order valence-electron chi connectivity index (χ4n) is 3.08. The minimum absolute atomic E-state index is 0.0160. The van der Waals surface area contributed by atoms with E-state index < -0.39 is 10.0 Å². The third-order valence-corrected chi connectivity index (χ3v) is 7.42. The van der Waals surface area contributed by atoms with Crippen molar-refractivity contribution in [1.29, 1.82) is 0 Å². The lowest BCUT2D eigenvalue weighted by molar-refractivity contribution is 0.0951. The first-order valence-electron chi connectivity index (χ1n) is 9.70. The maximum Gasteiger partial charge on any atom is 0.251 e. The molecular weight excluding hydrogens is 459 g/mol. The van der Waals surface area contributed by atoms with Gasteiger partial charge in [0, 0.05) is 23.2 Å². The standard InChI is InChI=1S/C22H20Cl2N2O4S/c23-17-7-10-20(24)21(12-17)31(28,29)26(14-19-2-1-11-30-19)13-15-3-5-16(6-4-15)22(27)25-18-8-9-18/h1-7,10-12,18H,8-9,13-14H2,(H,25,27). The molecule has 0 aliphatic heterocycles. The van der Waals surface area contributed by atoms with Gasteiger partial charge in [-0.15, -0.1) is 0 Å². The Balaban J connectivity index is 1.60. The maximum atomic E-state index is 13.4. The van der Waals surface area contributed by atoms with E-state index in [1.54, 1.807) is 36.4 Å². The molecule has 0 atom stereocenters. The molecule has 1 fully saturated rings. The van der Waals surface area contributed by atoms with E-state index in [-0.39, 0.29) is 40.0 Å². The van der Waals surface area contributed by atoms with E-state index in [1.165, 1.54) is 28.8 Å². The number of amides is 1. The molecule has 1 heterocycles. The fourth-order valence-corrected chi connectivity index (χ4v) is 5.21. The molecule has 1 aromatic heterocycles. The molecule has 162 valence electrons. The van der Waals surface area contributed by atoms with Crippen molar-refractivity contribution < 1.29 is 17.6 Å². The molecular formula is C22H20Cl2N2O4S. The molecule has 1 amide bonds. The maximum absolute atomic E-state index is 13.4.